The fourth-order valence-electron chi connectivity index (χ4n) is 3.40. The molecule has 0 amide bonds. The first-order valence-corrected chi connectivity index (χ1v) is 6.91. The van der Waals surface area contributed by atoms with Crippen molar-refractivity contribution in [3.05, 3.63) is 18.1 Å². The molecule has 2 fully saturated rings. The highest BCUT2D eigenvalue weighted by molar-refractivity contribution is 5.50. The summed E-state index contributed by atoms with van der Waals surface area (Å²) in [5.41, 5.74) is -0.118. The van der Waals surface area contributed by atoms with Gasteiger partial charge in [-0.15, -0.1) is 0 Å². The Hall–Kier alpha value is -1.67. The van der Waals surface area contributed by atoms with Crippen LogP contribution in [0.3, 0.4) is 0 Å². The van der Waals surface area contributed by atoms with Gasteiger partial charge in [-0.1, -0.05) is 12.8 Å². The van der Waals surface area contributed by atoms with Crippen molar-refractivity contribution >= 4 is 5.82 Å². The zero-order valence-electron chi connectivity index (χ0n) is 10.9. The topological polar surface area (TPSA) is 73.0 Å². The summed E-state index contributed by atoms with van der Waals surface area (Å²) in [6.45, 7) is 1.53. The average molecular weight is 258 g/mol. The van der Waals surface area contributed by atoms with Crippen LogP contribution in [0.4, 0.5) is 5.82 Å². The SMILES string of the molecule is N#Cc1nccnc1N1CCC2(O)CCCCC2C1. The third-order valence-electron chi connectivity index (χ3n) is 4.51. The lowest BCUT2D eigenvalue weighted by Crippen LogP contribution is -2.53. The molecule has 1 aromatic rings. The maximum Gasteiger partial charge on any atom is 0.183 e. The van der Waals surface area contributed by atoms with Gasteiger partial charge < -0.3 is 10.0 Å². The third-order valence-corrected chi connectivity index (χ3v) is 4.51. The van der Waals surface area contributed by atoms with E-state index in [1.54, 1.807) is 12.4 Å². The number of hydrogen-bond acceptors (Lipinski definition) is 5. The molecular weight excluding hydrogens is 240 g/mol. The van der Waals surface area contributed by atoms with Crippen LogP contribution < -0.4 is 4.90 Å². The van der Waals surface area contributed by atoms with Gasteiger partial charge in [0.1, 0.15) is 6.07 Å². The zero-order chi connectivity index (χ0) is 13.3. The Labute approximate surface area is 112 Å². The lowest BCUT2D eigenvalue weighted by atomic mass is 9.71. The molecule has 2 atom stereocenters. The van der Waals surface area contributed by atoms with E-state index in [1.165, 1.54) is 6.42 Å². The second-order valence-electron chi connectivity index (χ2n) is 5.58. The summed E-state index contributed by atoms with van der Waals surface area (Å²) in [4.78, 5) is 10.5. The third kappa shape index (κ3) is 2.17. The Morgan fingerprint density at radius 1 is 1.32 bits per heavy atom. The van der Waals surface area contributed by atoms with Crippen molar-refractivity contribution in [3.8, 4) is 6.07 Å². The Morgan fingerprint density at radius 2 is 2.16 bits per heavy atom. The lowest BCUT2D eigenvalue weighted by Gasteiger charge is -2.47. The van der Waals surface area contributed by atoms with Crippen molar-refractivity contribution < 1.29 is 5.11 Å². The van der Waals surface area contributed by atoms with E-state index < -0.39 is 5.60 Å². The fourth-order valence-corrected chi connectivity index (χ4v) is 3.40. The molecule has 1 saturated carbocycles. The second-order valence-corrected chi connectivity index (χ2v) is 5.58. The maximum absolute atomic E-state index is 10.7. The highest BCUT2D eigenvalue weighted by Crippen LogP contribution is 2.40. The van der Waals surface area contributed by atoms with Gasteiger partial charge >= 0.3 is 0 Å². The molecule has 19 heavy (non-hydrogen) atoms. The van der Waals surface area contributed by atoms with Crippen molar-refractivity contribution in [3.63, 3.8) is 0 Å². The first-order valence-electron chi connectivity index (χ1n) is 6.91. The standard InChI is InChI=1S/C14H18N4O/c15-9-12-13(17-7-6-16-12)18-8-5-14(19)4-2-1-3-11(14)10-18/h6-7,11,19H,1-5,8,10H2. The van der Waals surface area contributed by atoms with Gasteiger partial charge in [-0.25, -0.2) is 9.97 Å². The molecule has 5 heteroatoms. The number of piperidine rings is 1. The van der Waals surface area contributed by atoms with Gasteiger partial charge in [0.25, 0.3) is 0 Å². The van der Waals surface area contributed by atoms with E-state index in [0.29, 0.717) is 17.4 Å². The van der Waals surface area contributed by atoms with Crippen LogP contribution in [-0.4, -0.2) is 33.8 Å². The number of rotatable bonds is 1. The molecule has 1 saturated heterocycles. The van der Waals surface area contributed by atoms with E-state index in [9.17, 15) is 5.11 Å². The largest absolute Gasteiger partial charge is 0.389 e. The molecule has 2 unspecified atom stereocenters. The summed E-state index contributed by atoms with van der Waals surface area (Å²) in [7, 11) is 0. The highest BCUT2D eigenvalue weighted by Gasteiger charge is 2.43. The van der Waals surface area contributed by atoms with Crippen molar-refractivity contribution in [2.24, 2.45) is 5.92 Å². The van der Waals surface area contributed by atoms with Gasteiger partial charge in [0.2, 0.25) is 0 Å². The molecule has 3 rings (SSSR count). The highest BCUT2D eigenvalue weighted by atomic mass is 16.3. The molecular formula is C14H18N4O. The minimum absolute atomic E-state index is 0.295. The van der Waals surface area contributed by atoms with Crippen molar-refractivity contribution in [1.82, 2.24) is 9.97 Å². The van der Waals surface area contributed by atoms with Crippen molar-refractivity contribution in [2.45, 2.75) is 37.7 Å². The Bertz CT molecular complexity index is 512. The zero-order valence-corrected chi connectivity index (χ0v) is 10.9. The summed E-state index contributed by atoms with van der Waals surface area (Å²) in [6, 6.07) is 2.10. The number of aliphatic hydroxyl groups is 1. The van der Waals surface area contributed by atoms with Crippen LogP contribution in [0, 0.1) is 17.2 Å². The molecule has 0 radical (unpaired) electrons. The van der Waals surface area contributed by atoms with Gasteiger partial charge in [0.05, 0.1) is 5.60 Å². The van der Waals surface area contributed by atoms with Crippen LogP contribution in [0.2, 0.25) is 0 Å². The van der Waals surface area contributed by atoms with Gasteiger partial charge in [0.15, 0.2) is 11.5 Å². The normalized spacial score (nSPS) is 30.5. The predicted octanol–water partition coefficient (Wildman–Crippen LogP) is 1.48. The monoisotopic (exact) mass is 258 g/mol. The summed E-state index contributed by atoms with van der Waals surface area (Å²) >= 11 is 0. The minimum Gasteiger partial charge on any atom is -0.389 e. The molecule has 5 nitrogen and oxygen atoms in total. The first kappa shape index (κ1) is 12.4. The number of nitrogens with zero attached hydrogens (tertiary/aromatic N) is 4. The van der Waals surface area contributed by atoms with Crippen LogP contribution >= 0.6 is 0 Å². The molecule has 0 bridgehead atoms. The van der Waals surface area contributed by atoms with Crippen molar-refractivity contribution in [1.29, 1.82) is 5.26 Å². The Balaban J connectivity index is 1.83. The van der Waals surface area contributed by atoms with E-state index >= 15 is 0 Å². The van der Waals surface area contributed by atoms with Gasteiger partial charge in [-0.2, -0.15) is 5.26 Å². The first-order chi connectivity index (χ1) is 9.23. The Kier molecular flexibility index (Phi) is 3.11. The minimum atomic E-state index is -0.496. The Morgan fingerprint density at radius 3 is 3.00 bits per heavy atom. The molecule has 2 heterocycles. The molecule has 1 N–H and O–H groups in total. The molecule has 1 aromatic heterocycles. The van der Waals surface area contributed by atoms with E-state index in [0.717, 1.165) is 38.8 Å². The number of aromatic nitrogens is 2. The quantitative estimate of drug-likeness (QED) is 0.826. The molecule has 1 aliphatic heterocycles. The molecule has 0 spiro atoms. The number of anilines is 1. The van der Waals surface area contributed by atoms with E-state index in [1.807, 2.05) is 0 Å². The van der Waals surface area contributed by atoms with Crippen molar-refractivity contribution in [2.75, 3.05) is 18.0 Å². The van der Waals surface area contributed by atoms with E-state index in [-0.39, 0.29) is 0 Å². The summed E-state index contributed by atoms with van der Waals surface area (Å²) in [6.07, 6.45) is 8.22. The van der Waals surface area contributed by atoms with Crippen LogP contribution in [-0.2, 0) is 0 Å². The van der Waals surface area contributed by atoms with Crippen LogP contribution in [0.15, 0.2) is 12.4 Å². The van der Waals surface area contributed by atoms with Crippen LogP contribution in [0.1, 0.15) is 37.8 Å². The summed E-state index contributed by atoms with van der Waals surface area (Å²) in [5.74, 6) is 0.959. The fraction of sp³-hybridized carbons (Fsp3) is 0.643. The van der Waals surface area contributed by atoms with Crippen LogP contribution in [0.5, 0.6) is 0 Å². The van der Waals surface area contributed by atoms with Gasteiger partial charge in [-0.05, 0) is 19.3 Å². The van der Waals surface area contributed by atoms with E-state index in [2.05, 4.69) is 20.9 Å². The van der Waals surface area contributed by atoms with Gasteiger partial charge in [-0.3, -0.25) is 0 Å². The molecule has 1 aliphatic carbocycles. The second kappa shape index (κ2) is 4.78. The lowest BCUT2D eigenvalue weighted by molar-refractivity contribution is -0.0613. The number of nitriles is 1. The smallest absolute Gasteiger partial charge is 0.183 e. The molecule has 2 aliphatic rings. The number of fused-ring (bicyclic) bond motifs is 1. The van der Waals surface area contributed by atoms with Gasteiger partial charge in [0, 0.05) is 31.4 Å². The molecule has 100 valence electrons. The maximum atomic E-state index is 10.7. The summed E-state index contributed by atoms with van der Waals surface area (Å²) in [5, 5.41) is 19.8. The van der Waals surface area contributed by atoms with Crippen LogP contribution in [0.25, 0.3) is 0 Å². The average Bonchev–Trinajstić information content (AvgIpc) is 2.46. The predicted molar refractivity (Wildman–Crippen MR) is 70.5 cm³/mol. The molecule has 0 aromatic carbocycles. The van der Waals surface area contributed by atoms with E-state index in [4.69, 9.17) is 5.26 Å². The summed E-state index contributed by atoms with van der Waals surface area (Å²) < 4.78 is 0. The number of hydrogen-bond donors (Lipinski definition) is 1.